The Morgan fingerprint density at radius 1 is 1.28 bits per heavy atom. The van der Waals surface area contributed by atoms with Gasteiger partial charge in [-0.05, 0) is 26.6 Å². The van der Waals surface area contributed by atoms with Gasteiger partial charge in [-0.1, -0.05) is 11.6 Å². The number of non-ortho nitro benzene ring substituents is 1. The minimum absolute atomic E-state index is 0.0299. The lowest BCUT2D eigenvalue weighted by molar-refractivity contribution is -0.384. The van der Waals surface area contributed by atoms with Crippen LogP contribution in [0, 0.1) is 17.0 Å². The smallest absolute Gasteiger partial charge is 0.271 e. The zero-order chi connectivity index (χ0) is 13.9. The number of nitro benzene ring substituents is 1. The Bertz CT molecular complexity index is 426. The Kier molecular flexibility index (Phi) is 4.93. The standard InChI is InChI=1S/C12H18ClN3O2/c1-9-7-10(16(17)18)8-11(13)12(9)15(4)6-5-14(2)3/h7-8H,5-6H2,1-4H3. The molecule has 6 heteroatoms. The number of nitro groups is 1. The molecule has 0 amide bonds. The van der Waals surface area contributed by atoms with E-state index in [1.807, 2.05) is 33.0 Å². The first kappa shape index (κ1) is 14.7. The molecule has 0 N–H and O–H groups in total. The first-order valence-electron chi connectivity index (χ1n) is 5.63. The van der Waals surface area contributed by atoms with Gasteiger partial charge in [0.05, 0.1) is 15.6 Å². The van der Waals surface area contributed by atoms with Crippen molar-refractivity contribution in [2.45, 2.75) is 6.92 Å². The summed E-state index contributed by atoms with van der Waals surface area (Å²) < 4.78 is 0. The largest absolute Gasteiger partial charge is 0.372 e. The third-order valence-corrected chi connectivity index (χ3v) is 3.00. The van der Waals surface area contributed by atoms with E-state index in [4.69, 9.17) is 11.6 Å². The summed E-state index contributed by atoms with van der Waals surface area (Å²) in [7, 11) is 5.93. The van der Waals surface area contributed by atoms with Gasteiger partial charge in [-0.2, -0.15) is 0 Å². The first-order valence-corrected chi connectivity index (χ1v) is 6.01. The molecule has 1 rings (SSSR count). The van der Waals surface area contributed by atoms with Crippen LogP contribution in [0.3, 0.4) is 0 Å². The second-order valence-electron chi connectivity index (χ2n) is 4.58. The van der Waals surface area contributed by atoms with Gasteiger partial charge in [0.2, 0.25) is 0 Å². The maximum Gasteiger partial charge on any atom is 0.271 e. The van der Waals surface area contributed by atoms with Crippen molar-refractivity contribution in [2.75, 3.05) is 39.1 Å². The molecule has 1 aromatic rings. The number of likely N-dealkylation sites (N-methyl/N-ethyl adjacent to an activating group) is 2. The van der Waals surface area contributed by atoms with Crippen molar-refractivity contribution in [1.82, 2.24) is 4.90 Å². The van der Waals surface area contributed by atoms with Gasteiger partial charge in [-0.3, -0.25) is 10.1 Å². The molecule has 18 heavy (non-hydrogen) atoms. The van der Waals surface area contributed by atoms with E-state index in [-0.39, 0.29) is 5.69 Å². The molecule has 1 aromatic carbocycles. The fourth-order valence-corrected chi connectivity index (χ4v) is 2.17. The highest BCUT2D eigenvalue weighted by Gasteiger charge is 2.15. The number of aryl methyl sites for hydroxylation is 1. The van der Waals surface area contributed by atoms with Gasteiger partial charge in [0, 0.05) is 32.3 Å². The monoisotopic (exact) mass is 271 g/mol. The number of nitrogens with zero attached hydrogens (tertiary/aromatic N) is 3. The highest BCUT2D eigenvalue weighted by molar-refractivity contribution is 6.33. The average molecular weight is 272 g/mol. The molecule has 0 aliphatic heterocycles. The van der Waals surface area contributed by atoms with Crippen molar-refractivity contribution in [2.24, 2.45) is 0 Å². The number of anilines is 1. The van der Waals surface area contributed by atoms with E-state index < -0.39 is 4.92 Å². The summed E-state index contributed by atoms with van der Waals surface area (Å²) in [6.07, 6.45) is 0. The van der Waals surface area contributed by atoms with E-state index in [1.54, 1.807) is 6.07 Å². The van der Waals surface area contributed by atoms with Gasteiger partial charge in [0.25, 0.3) is 5.69 Å². The zero-order valence-electron chi connectivity index (χ0n) is 11.1. The molecule has 0 bridgehead atoms. The van der Waals surface area contributed by atoms with Crippen LogP contribution in [0.1, 0.15) is 5.56 Å². The second-order valence-corrected chi connectivity index (χ2v) is 4.98. The Hall–Kier alpha value is -1.33. The van der Waals surface area contributed by atoms with Gasteiger partial charge in [0.1, 0.15) is 0 Å². The second kappa shape index (κ2) is 6.02. The van der Waals surface area contributed by atoms with Crippen molar-refractivity contribution in [3.05, 3.63) is 32.8 Å². The van der Waals surface area contributed by atoms with Gasteiger partial charge >= 0.3 is 0 Å². The quantitative estimate of drug-likeness (QED) is 0.610. The molecule has 0 atom stereocenters. The molecule has 0 aliphatic carbocycles. The van der Waals surface area contributed by atoms with E-state index in [1.165, 1.54) is 6.07 Å². The normalized spacial score (nSPS) is 10.8. The topological polar surface area (TPSA) is 49.6 Å². The van der Waals surface area contributed by atoms with Crippen molar-refractivity contribution in [3.8, 4) is 0 Å². The lowest BCUT2D eigenvalue weighted by Gasteiger charge is -2.24. The van der Waals surface area contributed by atoms with Crippen LogP contribution < -0.4 is 4.90 Å². The number of rotatable bonds is 5. The van der Waals surface area contributed by atoms with E-state index in [0.717, 1.165) is 24.3 Å². The summed E-state index contributed by atoms with van der Waals surface area (Å²) in [4.78, 5) is 14.4. The summed E-state index contributed by atoms with van der Waals surface area (Å²) in [6, 6.07) is 2.95. The van der Waals surface area contributed by atoms with Gasteiger partial charge in [-0.15, -0.1) is 0 Å². The first-order chi connectivity index (χ1) is 8.32. The van der Waals surface area contributed by atoms with Crippen molar-refractivity contribution in [1.29, 1.82) is 0 Å². The van der Waals surface area contributed by atoms with Gasteiger partial charge in [0.15, 0.2) is 0 Å². The van der Waals surface area contributed by atoms with Crippen LogP contribution in [0.25, 0.3) is 0 Å². The van der Waals surface area contributed by atoms with Crippen molar-refractivity contribution < 1.29 is 4.92 Å². The van der Waals surface area contributed by atoms with Crippen molar-refractivity contribution in [3.63, 3.8) is 0 Å². The van der Waals surface area contributed by atoms with Crippen LogP contribution in [0.2, 0.25) is 5.02 Å². The third kappa shape index (κ3) is 3.58. The molecule has 0 saturated heterocycles. The molecule has 5 nitrogen and oxygen atoms in total. The molecular formula is C12H18ClN3O2. The Balaban J connectivity index is 2.99. The van der Waals surface area contributed by atoms with Crippen LogP contribution in [0.15, 0.2) is 12.1 Å². The fourth-order valence-electron chi connectivity index (χ4n) is 1.77. The lowest BCUT2D eigenvalue weighted by Crippen LogP contribution is -2.29. The lowest BCUT2D eigenvalue weighted by atomic mass is 10.1. The molecule has 0 saturated carbocycles. The van der Waals surface area contributed by atoms with Gasteiger partial charge in [-0.25, -0.2) is 0 Å². The molecular weight excluding hydrogens is 254 g/mol. The minimum Gasteiger partial charge on any atom is -0.372 e. The SMILES string of the molecule is Cc1cc([N+](=O)[O-])cc(Cl)c1N(C)CCN(C)C. The van der Waals surface area contributed by atoms with E-state index in [9.17, 15) is 10.1 Å². The molecule has 0 radical (unpaired) electrons. The number of hydrogen-bond acceptors (Lipinski definition) is 4. The highest BCUT2D eigenvalue weighted by atomic mass is 35.5. The number of benzene rings is 1. The summed E-state index contributed by atoms with van der Waals surface area (Å²) >= 11 is 6.13. The van der Waals surface area contributed by atoms with Gasteiger partial charge < -0.3 is 9.80 Å². The van der Waals surface area contributed by atoms with Crippen LogP contribution >= 0.6 is 11.6 Å². The molecule has 100 valence electrons. The van der Waals surface area contributed by atoms with E-state index in [2.05, 4.69) is 4.90 Å². The highest BCUT2D eigenvalue weighted by Crippen LogP contribution is 2.32. The zero-order valence-corrected chi connectivity index (χ0v) is 11.9. The van der Waals surface area contributed by atoms with Crippen LogP contribution in [-0.4, -0.2) is 44.1 Å². The van der Waals surface area contributed by atoms with E-state index >= 15 is 0 Å². The van der Waals surface area contributed by atoms with Crippen LogP contribution in [0.5, 0.6) is 0 Å². The maximum absolute atomic E-state index is 10.7. The summed E-state index contributed by atoms with van der Waals surface area (Å²) in [5, 5.41) is 11.1. The van der Waals surface area contributed by atoms with Crippen molar-refractivity contribution >= 4 is 23.0 Å². The molecule has 0 fully saturated rings. The molecule has 0 unspecified atom stereocenters. The Morgan fingerprint density at radius 2 is 1.89 bits per heavy atom. The molecule has 0 heterocycles. The van der Waals surface area contributed by atoms with Crippen LogP contribution in [0.4, 0.5) is 11.4 Å². The number of halogens is 1. The fraction of sp³-hybridized carbons (Fsp3) is 0.500. The minimum atomic E-state index is -0.428. The average Bonchev–Trinajstić information content (AvgIpc) is 2.25. The summed E-state index contributed by atoms with van der Waals surface area (Å²) in [5.74, 6) is 0. The molecule has 0 aliphatic rings. The molecule has 0 spiro atoms. The Morgan fingerprint density at radius 3 is 2.33 bits per heavy atom. The molecule has 0 aromatic heterocycles. The number of hydrogen-bond donors (Lipinski definition) is 0. The Labute approximate surface area is 112 Å². The predicted molar refractivity (Wildman–Crippen MR) is 74.7 cm³/mol. The van der Waals surface area contributed by atoms with Crippen LogP contribution in [-0.2, 0) is 0 Å². The predicted octanol–water partition coefficient (Wildman–Crippen LogP) is 2.55. The van der Waals surface area contributed by atoms with E-state index in [0.29, 0.717) is 5.02 Å². The summed E-state index contributed by atoms with van der Waals surface area (Å²) in [5.41, 5.74) is 1.70. The summed E-state index contributed by atoms with van der Waals surface area (Å²) in [6.45, 7) is 3.54. The third-order valence-electron chi connectivity index (χ3n) is 2.71. The maximum atomic E-state index is 10.7.